The maximum Gasteiger partial charge on any atom is 0.331 e. The van der Waals surface area contributed by atoms with Gasteiger partial charge in [0.1, 0.15) is 0 Å². The number of aliphatic carboxylic acids is 1. The lowest BCUT2D eigenvalue weighted by molar-refractivity contribution is -0.133. The molecule has 112 valence electrons. The van der Waals surface area contributed by atoms with E-state index in [1.54, 1.807) is 12.2 Å². The zero-order valence-corrected chi connectivity index (χ0v) is 12.3. The summed E-state index contributed by atoms with van der Waals surface area (Å²) in [7, 11) is 0. The van der Waals surface area contributed by atoms with Gasteiger partial charge in [-0.2, -0.15) is 0 Å². The summed E-state index contributed by atoms with van der Waals surface area (Å²) in [6, 6.07) is -0.226. The van der Waals surface area contributed by atoms with Crippen molar-refractivity contribution in [1.82, 2.24) is 5.32 Å². The predicted molar refractivity (Wildman–Crippen MR) is 76.3 cm³/mol. The Morgan fingerprint density at radius 2 is 2.25 bits per heavy atom. The van der Waals surface area contributed by atoms with Crippen LogP contribution in [0.25, 0.3) is 0 Å². The zero-order chi connectivity index (χ0) is 15.3. The summed E-state index contributed by atoms with van der Waals surface area (Å²) in [5.41, 5.74) is 0.337. The van der Waals surface area contributed by atoms with E-state index in [1.807, 2.05) is 13.8 Å². The Morgan fingerprint density at radius 1 is 1.60 bits per heavy atom. The minimum atomic E-state index is -0.933. The van der Waals surface area contributed by atoms with Crippen molar-refractivity contribution in [3.63, 3.8) is 0 Å². The maximum absolute atomic E-state index is 11.4. The van der Waals surface area contributed by atoms with Gasteiger partial charge in [-0.15, -0.1) is 6.58 Å². The van der Waals surface area contributed by atoms with Crippen molar-refractivity contribution >= 4 is 11.9 Å². The number of ether oxygens (including phenoxy) is 1. The maximum atomic E-state index is 11.4. The lowest BCUT2D eigenvalue weighted by Crippen LogP contribution is -2.51. The van der Waals surface area contributed by atoms with Gasteiger partial charge in [0.2, 0.25) is 5.91 Å². The zero-order valence-electron chi connectivity index (χ0n) is 12.3. The molecule has 0 fully saturated rings. The van der Waals surface area contributed by atoms with Crippen LogP contribution in [-0.2, 0) is 14.3 Å². The molecule has 1 amide bonds. The van der Waals surface area contributed by atoms with Crippen LogP contribution in [0.3, 0.4) is 0 Å². The van der Waals surface area contributed by atoms with E-state index in [9.17, 15) is 14.7 Å². The van der Waals surface area contributed by atoms with Gasteiger partial charge >= 0.3 is 5.97 Å². The lowest BCUT2D eigenvalue weighted by atomic mass is 9.81. The van der Waals surface area contributed by atoms with Crippen molar-refractivity contribution in [2.45, 2.75) is 51.9 Å². The second kappa shape index (κ2) is 7.24. The lowest BCUT2D eigenvalue weighted by Gasteiger charge is -2.37. The van der Waals surface area contributed by atoms with E-state index in [0.29, 0.717) is 18.4 Å². The van der Waals surface area contributed by atoms with Crippen LogP contribution in [0.2, 0.25) is 0 Å². The molecular weight excluding hydrogens is 258 g/mol. The van der Waals surface area contributed by atoms with Gasteiger partial charge in [0.25, 0.3) is 0 Å². The number of allylic oxidation sites excluding steroid dienone is 1. The Labute approximate surface area is 119 Å². The van der Waals surface area contributed by atoms with E-state index in [-0.39, 0.29) is 30.1 Å². The molecule has 0 spiro atoms. The Bertz CT molecular complexity index is 414. The highest BCUT2D eigenvalue weighted by molar-refractivity contribution is 5.87. The molecule has 0 bridgehead atoms. The largest absolute Gasteiger partial charge is 0.478 e. The van der Waals surface area contributed by atoms with Crippen LogP contribution in [0.15, 0.2) is 24.3 Å². The molecule has 1 aliphatic rings. The van der Waals surface area contributed by atoms with Crippen molar-refractivity contribution in [3.05, 3.63) is 24.3 Å². The molecule has 0 saturated heterocycles. The first-order chi connectivity index (χ1) is 9.35. The monoisotopic (exact) mass is 281 g/mol. The molecule has 0 aromatic carbocycles. The SMILES string of the molecule is C=CC[C@H]1C=C(C(=O)O)C[C@@H](OC(C)C)[C@@H]1NC(C)=O. The molecule has 1 rings (SSSR count). The normalized spacial score (nSPS) is 26.0. The Morgan fingerprint density at radius 3 is 2.70 bits per heavy atom. The molecule has 0 aromatic heterocycles. The van der Waals surface area contributed by atoms with E-state index in [1.165, 1.54) is 6.92 Å². The van der Waals surface area contributed by atoms with E-state index < -0.39 is 5.97 Å². The van der Waals surface area contributed by atoms with Crippen LogP contribution in [0, 0.1) is 5.92 Å². The molecular formula is C15H23NO4. The molecule has 0 aliphatic heterocycles. The van der Waals surface area contributed by atoms with Crippen LogP contribution in [0.1, 0.15) is 33.6 Å². The molecule has 5 nitrogen and oxygen atoms in total. The van der Waals surface area contributed by atoms with Crippen LogP contribution in [0.4, 0.5) is 0 Å². The Balaban J connectivity index is 3.05. The van der Waals surface area contributed by atoms with Gasteiger partial charge < -0.3 is 15.2 Å². The molecule has 1 aliphatic carbocycles. The highest BCUT2D eigenvalue weighted by Gasteiger charge is 2.36. The number of amides is 1. The molecule has 20 heavy (non-hydrogen) atoms. The number of hydrogen-bond acceptors (Lipinski definition) is 3. The van der Waals surface area contributed by atoms with Crippen molar-refractivity contribution in [1.29, 1.82) is 0 Å². The summed E-state index contributed by atoms with van der Waals surface area (Å²) >= 11 is 0. The fourth-order valence-electron chi connectivity index (χ4n) is 2.53. The van der Waals surface area contributed by atoms with E-state index >= 15 is 0 Å². The van der Waals surface area contributed by atoms with E-state index in [2.05, 4.69) is 11.9 Å². The van der Waals surface area contributed by atoms with Gasteiger partial charge in [0.15, 0.2) is 0 Å². The second-order valence-electron chi connectivity index (χ2n) is 5.34. The minimum Gasteiger partial charge on any atom is -0.478 e. The average molecular weight is 281 g/mol. The summed E-state index contributed by atoms with van der Waals surface area (Å²) in [6.45, 7) is 8.94. The number of carbonyl (C=O) groups excluding carboxylic acids is 1. The summed E-state index contributed by atoms with van der Waals surface area (Å²) in [4.78, 5) is 22.6. The van der Waals surface area contributed by atoms with Gasteiger partial charge in [-0.25, -0.2) is 4.79 Å². The first kappa shape index (κ1) is 16.4. The Hall–Kier alpha value is -1.62. The standard InChI is InChI=1S/C15H23NO4/c1-5-6-11-7-12(15(18)19)8-13(20-9(2)3)14(11)16-10(4)17/h5,7,9,11,13-14H,1,6,8H2,2-4H3,(H,16,17)(H,18,19)/t11-,13+,14+/m0/s1. The van der Waals surface area contributed by atoms with E-state index in [0.717, 1.165) is 0 Å². The summed E-state index contributed by atoms with van der Waals surface area (Å²) in [5, 5.41) is 12.1. The minimum absolute atomic E-state index is 0.0335. The summed E-state index contributed by atoms with van der Waals surface area (Å²) in [5.74, 6) is -1.19. The number of carboxylic acids is 1. The Kier molecular flexibility index (Phi) is 5.95. The molecule has 0 aromatic rings. The smallest absolute Gasteiger partial charge is 0.331 e. The number of rotatable bonds is 6. The number of nitrogens with one attached hydrogen (secondary N) is 1. The molecule has 0 saturated carbocycles. The average Bonchev–Trinajstić information content (AvgIpc) is 2.31. The highest BCUT2D eigenvalue weighted by Crippen LogP contribution is 2.29. The van der Waals surface area contributed by atoms with Crippen molar-refractivity contribution in [3.8, 4) is 0 Å². The molecule has 2 N–H and O–H groups in total. The molecule has 0 heterocycles. The molecule has 0 radical (unpaired) electrons. The van der Waals surface area contributed by atoms with Crippen LogP contribution < -0.4 is 5.32 Å². The second-order valence-corrected chi connectivity index (χ2v) is 5.34. The molecule has 3 atom stereocenters. The number of carbonyl (C=O) groups is 2. The third kappa shape index (κ3) is 4.49. The number of carboxylic acid groups (broad SMARTS) is 1. The molecule has 5 heteroatoms. The first-order valence-corrected chi connectivity index (χ1v) is 6.82. The number of hydrogen-bond donors (Lipinski definition) is 2. The van der Waals surface area contributed by atoms with Crippen LogP contribution >= 0.6 is 0 Å². The topological polar surface area (TPSA) is 75.6 Å². The summed E-state index contributed by atoms with van der Waals surface area (Å²) < 4.78 is 5.81. The van der Waals surface area contributed by atoms with Crippen molar-refractivity contribution in [2.24, 2.45) is 5.92 Å². The first-order valence-electron chi connectivity index (χ1n) is 6.82. The van der Waals surface area contributed by atoms with Gasteiger partial charge in [0.05, 0.1) is 18.2 Å². The predicted octanol–water partition coefficient (Wildman–Crippen LogP) is 1.89. The fourth-order valence-corrected chi connectivity index (χ4v) is 2.53. The van der Waals surface area contributed by atoms with Gasteiger partial charge in [-0.05, 0) is 20.3 Å². The third-order valence-corrected chi connectivity index (χ3v) is 3.23. The van der Waals surface area contributed by atoms with Gasteiger partial charge in [-0.3, -0.25) is 4.79 Å². The van der Waals surface area contributed by atoms with Crippen LogP contribution in [0.5, 0.6) is 0 Å². The summed E-state index contributed by atoms with van der Waals surface area (Å²) in [6.07, 6.45) is 3.97. The third-order valence-electron chi connectivity index (χ3n) is 3.23. The van der Waals surface area contributed by atoms with Crippen molar-refractivity contribution < 1.29 is 19.4 Å². The van der Waals surface area contributed by atoms with Gasteiger partial charge in [-0.1, -0.05) is 12.2 Å². The fraction of sp³-hybridized carbons (Fsp3) is 0.600. The highest BCUT2D eigenvalue weighted by atomic mass is 16.5. The van der Waals surface area contributed by atoms with Crippen molar-refractivity contribution in [2.75, 3.05) is 0 Å². The van der Waals surface area contributed by atoms with Gasteiger partial charge in [0, 0.05) is 24.8 Å². The molecule has 0 unspecified atom stereocenters. The quantitative estimate of drug-likeness (QED) is 0.729. The van der Waals surface area contributed by atoms with Crippen LogP contribution in [-0.4, -0.2) is 35.2 Å². The van der Waals surface area contributed by atoms with E-state index in [4.69, 9.17) is 4.74 Å².